The number of amides is 1. The number of carbonyl (C=O) groups excluding carboxylic acids is 1. The number of carbonyl (C=O) groups is 1. The Hall–Kier alpha value is -3.32. The standard InChI is InChI=1S/C25H25N5OS/c1-18-7-9-20(10-8-18)28-22(31)16-30-15-21(19-5-3-2-4-6-19)23-24(30)25(27-17-26-23)29-11-13-32-14-12-29/h2-10,15,17H,11-14,16H2,1H3,(H,28,31). The highest BCUT2D eigenvalue weighted by atomic mass is 32.2. The second kappa shape index (κ2) is 9.04. The summed E-state index contributed by atoms with van der Waals surface area (Å²) in [6.07, 6.45) is 3.67. The monoisotopic (exact) mass is 443 g/mol. The molecule has 2 aromatic heterocycles. The van der Waals surface area contributed by atoms with Crippen LogP contribution in [0.5, 0.6) is 0 Å². The molecule has 7 heteroatoms. The van der Waals surface area contributed by atoms with Gasteiger partial charge in [0.25, 0.3) is 0 Å². The lowest BCUT2D eigenvalue weighted by atomic mass is 10.1. The maximum Gasteiger partial charge on any atom is 0.244 e. The van der Waals surface area contributed by atoms with Gasteiger partial charge >= 0.3 is 0 Å². The number of thioether (sulfide) groups is 1. The summed E-state index contributed by atoms with van der Waals surface area (Å²) in [4.78, 5) is 24.6. The molecule has 2 aromatic carbocycles. The van der Waals surface area contributed by atoms with Gasteiger partial charge in [-0.05, 0) is 24.6 Å². The minimum absolute atomic E-state index is 0.0747. The second-order valence-electron chi connectivity index (χ2n) is 7.94. The average molecular weight is 444 g/mol. The summed E-state index contributed by atoms with van der Waals surface area (Å²) in [7, 11) is 0. The Kier molecular flexibility index (Phi) is 5.81. The third kappa shape index (κ3) is 4.21. The van der Waals surface area contributed by atoms with Crippen LogP contribution in [0.25, 0.3) is 22.2 Å². The summed E-state index contributed by atoms with van der Waals surface area (Å²) >= 11 is 1.96. The number of hydrogen-bond donors (Lipinski definition) is 1. The van der Waals surface area contributed by atoms with Crippen LogP contribution in [0, 0.1) is 6.92 Å². The second-order valence-corrected chi connectivity index (χ2v) is 9.17. The number of aromatic nitrogens is 3. The molecule has 1 aliphatic rings. The van der Waals surface area contributed by atoms with E-state index in [0.717, 1.165) is 63.8 Å². The number of fused-ring (bicyclic) bond motifs is 1. The molecule has 1 amide bonds. The van der Waals surface area contributed by atoms with Gasteiger partial charge in [-0.2, -0.15) is 11.8 Å². The first-order chi connectivity index (χ1) is 15.7. The van der Waals surface area contributed by atoms with Crippen molar-refractivity contribution in [2.75, 3.05) is 34.8 Å². The highest BCUT2D eigenvalue weighted by molar-refractivity contribution is 7.99. The summed E-state index contributed by atoms with van der Waals surface area (Å²) in [5.41, 5.74) is 5.84. The SMILES string of the molecule is Cc1ccc(NC(=O)Cn2cc(-c3ccccc3)c3ncnc(N4CCSCC4)c32)cc1. The van der Waals surface area contributed by atoms with Crippen molar-refractivity contribution < 1.29 is 4.79 Å². The van der Waals surface area contributed by atoms with Gasteiger partial charge in [-0.15, -0.1) is 0 Å². The van der Waals surface area contributed by atoms with Crippen molar-refractivity contribution in [1.29, 1.82) is 0 Å². The maximum atomic E-state index is 13.0. The Morgan fingerprint density at radius 1 is 1.03 bits per heavy atom. The molecule has 162 valence electrons. The molecule has 4 aromatic rings. The third-order valence-electron chi connectivity index (χ3n) is 5.67. The number of rotatable bonds is 5. The van der Waals surface area contributed by atoms with Crippen LogP contribution in [0.1, 0.15) is 5.56 Å². The van der Waals surface area contributed by atoms with Crippen LogP contribution < -0.4 is 10.2 Å². The largest absolute Gasteiger partial charge is 0.353 e. The summed E-state index contributed by atoms with van der Waals surface area (Å²) in [5, 5.41) is 3.01. The van der Waals surface area contributed by atoms with E-state index >= 15 is 0 Å². The Labute approximate surface area is 191 Å². The number of benzene rings is 2. The van der Waals surface area contributed by atoms with Crippen molar-refractivity contribution in [1.82, 2.24) is 14.5 Å². The normalized spacial score (nSPS) is 14.0. The summed E-state index contributed by atoms with van der Waals surface area (Å²) < 4.78 is 2.00. The lowest BCUT2D eigenvalue weighted by Crippen LogP contribution is -2.33. The van der Waals surface area contributed by atoms with Crippen LogP contribution >= 0.6 is 11.8 Å². The zero-order valence-corrected chi connectivity index (χ0v) is 18.8. The summed E-state index contributed by atoms with van der Waals surface area (Å²) in [6.45, 7) is 4.11. The van der Waals surface area contributed by atoms with Crippen LogP contribution in [0.2, 0.25) is 0 Å². The first-order valence-corrected chi connectivity index (χ1v) is 11.9. The number of anilines is 2. The van der Waals surface area contributed by atoms with Crippen molar-refractivity contribution in [2.45, 2.75) is 13.5 Å². The van der Waals surface area contributed by atoms with Crippen molar-refractivity contribution in [2.24, 2.45) is 0 Å². The van der Waals surface area contributed by atoms with Crippen LogP contribution in [0.15, 0.2) is 67.1 Å². The molecule has 0 aliphatic carbocycles. The lowest BCUT2D eigenvalue weighted by Gasteiger charge is -2.28. The lowest BCUT2D eigenvalue weighted by molar-refractivity contribution is -0.116. The van der Waals surface area contributed by atoms with E-state index in [-0.39, 0.29) is 12.5 Å². The van der Waals surface area contributed by atoms with Gasteiger partial charge in [-0.25, -0.2) is 9.97 Å². The molecule has 0 saturated carbocycles. The van der Waals surface area contributed by atoms with E-state index in [9.17, 15) is 4.79 Å². The molecule has 0 bridgehead atoms. The first-order valence-electron chi connectivity index (χ1n) is 10.8. The third-order valence-corrected chi connectivity index (χ3v) is 6.62. The Morgan fingerprint density at radius 2 is 1.78 bits per heavy atom. The van der Waals surface area contributed by atoms with E-state index < -0.39 is 0 Å². The minimum atomic E-state index is -0.0747. The topological polar surface area (TPSA) is 63.1 Å². The number of nitrogens with one attached hydrogen (secondary N) is 1. The van der Waals surface area contributed by atoms with Gasteiger partial charge in [-0.3, -0.25) is 4.79 Å². The van der Waals surface area contributed by atoms with Gasteiger partial charge in [0.2, 0.25) is 5.91 Å². The molecule has 32 heavy (non-hydrogen) atoms. The molecule has 0 atom stereocenters. The van der Waals surface area contributed by atoms with E-state index in [1.807, 2.05) is 71.9 Å². The van der Waals surface area contributed by atoms with Crippen molar-refractivity contribution in [3.8, 4) is 11.1 Å². The number of hydrogen-bond acceptors (Lipinski definition) is 5. The van der Waals surface area contributed by atoms with Crippen molar-refractivity contribution in [3.63, 3.8) is 0 Å². The van der Waals surface area contributed by atoms with Gasteiger partial charge in [0.1, 0.15) is 23.9 Å². The van der Waals surface area contributed by atoms with Crippen LogP contribution in [0.4, 0.5) is 11.5 Å². The first kappa shape index (κ1) is 20.6. The maximum absolute atomic E-state index is 13.0. The molecule has 5 rings (SSSR count). The van der Waals surface area contributed by atoms with Gasteiger partial charge in [0, 0.05) is 42.0 Å². The van der Waals surface area contributed by atoms with Crippen molar-refractivity contribution in [3.05, 3.63) is 72.7 Å². The fraction of sp³-hybridized carbons (Fsp3) is 0.240. The molecule has 3 heterocycles. The molecular weight excluding hydrogens is 418 g/mol. The summed E-state index contributed by atoms with van der Waals surface area (Å²) in [6, 6.07) is 18.0. The molecule has 1 N–H and O–H groups in total. The van der Waals surface area contributed by atoms with Gasteiger partial charge in [0.05, 0.1) is 0 Å². The van der Waals surface area contributed by atoms with Gasteiger partial charge < -0.3 is 14.8 Å². The molecule has 0 spiro atoms. The molecule has 6 nitrogen and oxygen atoms in total. The molecule has 1 fully saturated rings. The molecule has 0 unspecified atom stereocenters. The number of nitrogens with zero attached hydrogens (tertiary/aromatic N) is 4. The number of aryl methyl sites for hydroxylation is 1. The Morgan fingerprint density at radius 3 is 2.53 bits per heavy atom. The molecular formula is C25H25N5OS. The van der Waals surface area contributed by atoms with Crippen LogP contribution in [-0.2, 0) is 11.3 Å². The van der Waals surface area contributed by atoms with E-state index in [1.54, 1.807) is 6.33 Å². The van der Waals surface area contributed by atoms with E-state index in [2.05, 4.69) is 32.3 Å². The van der Waals surface area contributed by atoms with Gasteiger partial charge in [-0.1, -0.05) is 48.0 Å². The summed E-state index contributed by atoms with van der Waals surface area (Å²) in [5.74, 6) is 2.98. The Bertz CT molecular complexity index is 1230. The zero-order chi connectivity index (χ0) is 21.9. The fourth-order valence-electron chi connectivity index (χ4n) is 4.06. The zero-order valence-electron chi connectivity index (χ0n) is 18.0. The average Bonchev–Trinajstić information content (AvgIpc) is 3.20. The Balaban J connectivity index is 1.55. The van der Waals surface area contributed by atoms with E-state index in [4.69, 9.17) is 0 Å². The van der Waals surface area contributed by atoms with E-state index in [1.165, 1.54) is 0 Å². The fourth-order valence-corrected chi connectivity index (χ4v) is 4.97. The van der Waals surface area contributed by atoms with Crippen LogP contribution in [-0.4, -0.2) is 45.0 Å². The molecule has 0 radical (unpaired) electrons. The minimum Gasteiger partial charge on any atom is -0.353 e. The smallest absolute Gasteiger partial charge is 0.244 e. The molecule has 1 saturated heterocycles. The van der Waals surface area contributed by atoms with Gasteiger partial charge in [0.15, 0.2) is 5.82 Å². The molecule has 1 aliphatic heterocycles. The van der Waals surface area contributed by atoms with Crippen LogP contribution in [0.3, 0.4) is 0 Å². The highest BCUT2D eigenvalue weighted by Crippen LogP contribution is 2.34. The quantitative estimate of drug-likeness (QED) is 0.488. The van der Waals surface area contributed by atoms with Crippen molar-refractivity contribution >= 4 is 40.2 Å². The predicted octanol–water partition coefficient (Wildman–Crippen LogP) is 4.60. The highest BCUT2D eigenvalue weighted by Gasteiger charge is 2.22. The predicted molar refractivity (Wildman–Crippen MR) is 132 cm³/mol. The van der Waals surface area contributed by atoms with E-state index in [0.29, 0.717) is 0 Å².